The number of aromatic nitrogens is 1. The monoisotopic (exact) mass is 327 g/mol. The van der Waals surface area contributed by atoms with Crippen molar-refractivity contribution in [2.24, 2.45) is 0 Å². The number of hydrogen-bond acceptors (Lipinski definition) is 4. The normalized spacial score (nSPS) is 10.5. The van der Waals surface area contributed by atoms with Crippen molar-refractivity contribution >= 4 is 23.1 Å². The number of carbonyl (C=O) groups is 1. The minimum absolute atomic E-state index is 0.181. The maximum Gasteiger partial charge on any atom is 0.321 e. The molecule has 0 radical (unpaired) electrons. The lowest BCUT2D eigenvalue weighted by Gasteiger charge is -2.16. The van der Waals surface area contributed by atoms with Gasteiger partial charge in [0.2, 0.25) is 0 Å². The smallest absolute Gasteiger partial charge is 0.321 e. The highest BCUT2D eigenvalue weighted by atomic mass is 32.1. The van der Waals surface area contributed by atoms with Crippen molar-refractivity contribution < 1.29 is 9.21 Å². The standard InChI is InChI=1S/C17H17N3O2S/c1-12-11-23-16(18-12)13-5-7-14(8-6-13)19-17(21)20(2)10-15-4-3-9-22-15/h3-9,11H,10H2,1-2H3,(H,19,21). The van der Waals surface area contributed by atoms with Crippen LogP contribution in [-0.2, 0) is 6.54 Å². The Morgan fingerprint density at radius 1 is 1.30 bits per heavy atom. The van der Waals surface area contributed by atoms with Crippen molar-refractivity contribution in [2.45, 2.75) is 13.5 Å². The molecule has 118 valence electrons. The van der Waals surface area contributed by atoms with Crippen LogP contribution in [0.15, 0.2) is 52.5 Å². The van der Waals surface area contributed by atoms with E-state index in [2.05, 4.69) is 10.3 Å². The van der Waals surface area contributed by atoms with E-state index in [1.54, 1.807) is 35.6 Å². The van der Waals surface area contributed by atoms with Crippen LogP contribution in [0.1, 0.15) is 11.5 Å². The van der Waals surface area contributed by atoms with Crippen molar-refractivity contribution in [1.82, 2.24) is 9.88 Å². The highest BCUT2D eigenvalue weighted by Crippen LogP contribution is 2.24. The first-order chi connectivity index (χ1) is 11.1. The number of carbonyl (C=O) groups excluding carboxylic acids is 1. The third-order valence-electron chi connectivity index (χ3n) is 3.32. The molecule has 0 aliphatic carbocycles. The van der Waals surface area contributed by atoms with Crippen LogP contribution in [0.4, 0.5) is 10.5 Å². The minimum atomic E-state index is -0.181. The maximum atomic E-state index is 12.2. The highest BCUT2D eigenvalue weighted by molar-refractivity contribution is 7.13. The lowest BCUT2D eigenvalue weighted by atomic mass is 10.2. The third-order valence-corrected chi connectivity index (χ3v) is 4.33. The second kappa shape index (κ2) is 6.66. The van der Waals surface area contributed by atoms with Crippen LogP contribution in [0, 0.1) is 6.92 Å². The summed E-state index contributed by atoms with van der Waals surface area (Å²) in [4.78, 5) is 18.2. The molecule has 1 N–H and O–H groups in total. The SMILES string of the molecule is Cc1csc(-c2ccc(NC(=O)N(C)Cc3ccco3)cc2)n1. The molecule has 5 nitrogen and oxygen atoms in total. The Kier molecular flexibility index (Phi) is 4.43. The van der Waals surface area contributed by atoms with E-state index in [0.29, 0.717) is 6.54 Å². The van der Waals surface area contributed by atoms with Gasteiger partial charge in [-0.05, 0) is 43.3 Å². The Morgan fingerprint density at radius 3 is 2.70 bits per heavy atom. The predicted molar refractivity (Wildman–Crippen MR) is 91.5 cm³/mol. The summed E-state index contributed by atoms with van der Waals surface area (Å²) >= 11 is 1.61. The summed E-state index contributed by atoms with van der Waals surface area (Å²) < 4.78 is 5.24. The number of hydrogen-bond donors (Lipinski definition) is 1. The topological polar surface area (TPSA) is 58.4 Å². The van der Waals surface area contributed by atoms with Crippen LogP contribution in [0.2, 0.25) is 0 Å². The minimum Gasteiger partial charge on any atom is -0.467 e. The van der Waals surface area contributed by atoms with E-state index < -0.39 is 0 Å². The van der Waals surface area contributed by atoms with Gasteiger partial charge in [0.25, 0.3) is 0 Å². The molecule has 0 bridgehead atoms. The molecule has 0 unspecified atom stereocenters. The fraction of sp³-hybridized carbons (Fsp3) is 0.176. The number of urea groups is 1. The van der Waals surface area contributed by atoms with Gasteiger partial charge in [-0.2, -0.15) is 0 Å². The summed E-state index contributed by atoms with van der Waals surface area (Å²) in [5.74, 6) is 0.747. The molecule has 0 aliphatic rings. The Labute approximate surface area is 138 Å². The number of nitrogens with one attached hydrogen (secondary N) is 1. The first-order valence-electron chi connectivity index (χ1n) is 7.19. The lowest BCUT2D eigenvalue weighted by molar-refractivity contribution is 0.217. The summed E-state index contributed by atoms with van der Waals surface area (Å²) in [6.45, 7) is 2.40. The van der Waals surface area contributed by atoms with Gasteiger partial charge in [-0.1, -0.05) is 0 Å². The van der Waals surface area contributed by atoms with Crippen LogP contribution < -0.4 is 5.32 Å². The van der Waals surface area contributed by atoms with Gasteiger partial charge in [-0.3, -0.25) is 0 Å². The average molecular weight is 327 g/mol. The summed E-state index contributed by atoms with van der Waals surface area (Å²) in [6.07, 6.45) is 1.60. The zero-order valence-electron chi connectivity index (χ0n) is 12.9. The molecule has 1 aromatic carbocycles. The molecule has 2 amide bonds. The van der Waals surface area contributed by atoms with Gasteiger partial charge < -0.3 is 14.6 Å². The first-order valence-corrected chi connectivity index (χ1v) is 8.07. The average Bonchev–Trinajstić information content (AvgIpc) is 3.19. The van der Waals surface area contributed by atoms with Gasteiger partial charge in [-0.15, -0.1) is 11.3 Å². The molecule has 0 saturated carbocycles. The Morgan fingerprint density at radius 2 is 2.09 bits per heavy atom. The van der Waals surface area contributed by atoms with Gasteiger partial charge in [0.15, 0.2) is 0 Å². The summed E-state index contributed by atoms with van der Waals surface area (Å²) in [6, 6.07) is 11.1. The highest BCUT2D eigenvalue weighted by Gasteiger charge is 2.11. The van der Waals surface area contributed by atoms with Gasteiger partial charge in [-0.25, -0.2) is 9.78 Å². The number of aryl methyl sites for hydroxylation is 1. The number of rotatable bonds is 4. The molecule has 0 aliphatic heterocycles. The molecule has 0 spiro atoms. The molecular weight excluding hydrogens is 310 g/mol. The predicted octanol–water partition coefficient (Wildman–Crippen LogP) is 4.38. The van der Waals surface area contributed by atoms with Gasteiger partial charge >= 0.3 is 6.03 Å². The van der Waals surface area contributed by atoms with Crippen molar-refractivity contribution in [1.29, 1.82) is 0 Å². The second-order valence-electron chi connectivity index (χ2n) is 5.24. The molecule has 0 saturated heterocycles. The number of benzene rings is 1. The van der Waals surface area contributed by atoms with Gasteiger partial charge in [0.1, 0.15) is 10.8 Å². The Hall–Kier alpha value is -2.60. The largest absolute Gasteiger partial charge is 0.467 e. The Bertz CT molecular complexity index is 779. The fourth-order valence-electron chi connectivity index (χ4n) is 2.11. The first kappa shape index (κ1) is 15.3. The zero-order chi connectivity index (χ0) is 16.2. The van der Waals surface area contributed by atoms with Crippen LogP contribution in [-0.4, -0.2) is 23.0 Å². The summed E-state index contributed by atoms with van der Waals surface area (Å²) in [5, 5.41) is 5.87. The molecule has 0 atom stereocenters. The van der Waals surface area contributed by atoms with E-state index in [-0.39, 0.29) is 6.03 Å². The van der Waals surface area contributed by atoms with Crippen LogP contribution in [0.3, 0.4) is 0 Å². The van der Waals surface area contributed by atoms with Crippen molar-refractivity contribution in [3.8, 4) is 10.6 Å². The van der Waals surface area contributed by atoms with E-state index in [4.69, 9.17) is 4.42 Å². The van der Waals surface area contributed by atoms with Crippen molar-refractivity contribution in [3.63, 3.8) is 0 Å². The summed E-state index contributed by atoms with van der Waals surface area (Å²) in [5.41, 5.74) is 2.81. The number of furan rings is 1. The lowest BCUT2D eigenvalue weighted by Crippen LogP contribution is -2.30. The van der Waals surface area contributed by atoms with E-state index >= 15 is 0 Å². The molecule has 3 rings (SSSR count). The Balaban J connectivity index is 1.62. The van der Waals surface area contributed by atoms with Crippen molar-refractivity contribution in [3.05, 3.63) is 59.5 Å². The van der Waals surface area contributed by atoms with Crippen LogP contribution in [0.25, 0.3) is 10.6 Å². The molecule has 2 aromatic heterocycles. The molecule has 23 heavy (non-hydrogen) atoms. The van der Waals surface area contributed by atoms with E-state index in [0.717, 1.165) is 27.7 Å². The van der Waals surface area contributed by atoms with Crippen LogP contribution >= 0.6 is 11.3 Å². The van der Waals surface area contributed by atoms with Gasteiger partial charge in [0, 0.05) is 29.4 Å². The molecule has 0 fully saturated rings. The number of nitrogens with zero attached hydrogens (tertiary/aromatic N) is 2. The van der Waals surface area contributed by atoms with Crippen LogP contribution in [0.5, 0.6) is 0 Å². The zero-order valence-corrected chi connectivity index (χ0v) is 13.8. The maximum absolute atomic E-state index is 12.2. The van der Waals surface area contributed by atoms with Gasteiger partial charge in [0.05, 0.1) is 12.8 Å². The second-order valence-corrected chi connectivity index (χ2v) is 6.10. The molecule has 2 heterocycles. The summed E-state index contributed by atoms with van der Waals surface area (Å²) in [7, 11) is 1.73. The quantitative estimate of drug-likeness (QED) is 0.774. The number of amides is 2. The van der Waals surface area contributed by atoms with E-state index in [9.17, 15) is 4.79 Å². The molecule has 6 heteroatoms. The van der Waals surface area contributed by atoms with Crippen molar-refractivity contribution in [2.75, 3.05) is 12.4 Å². The number of thiazole rings is 1. The molecule has 3 aromatic rings. The van der Waals surface area contributed by atoms with E-state index in [1.807, 2.05) is 42.6 Å². The number of anilines is 1. The molecular formula is C17H17N3O2S. The van der Waals surface area contributed by atoms with E-state index in [1.165, 1.54) is 0 Å². The fourth-order valence-corrected chi connectivity index (χ4v) is 2.91. The third kappa shape index (κ3) is 3.78.